The number of amides is 1. The molecule has 0 bridgehead atoms. The van der Waals surface area contributed by atoms with E-state index in [1.54, 1.807) is 0 Å². The fourth-order valence-electron chi connectivity index (χ4n) is 2.70. The van der Waals surface area contributed by atoms with E-state index in [0.29, 0.717) is 13.1 Å². The minimum Gasteiger partial charge on any atom is -0.354 e. The van der Waals surface area contributed by atoms with Crippen LogP contribution in [0.5, 0.6) is 0 Å². The van der Waals surface area contributed by atoms with Crippen LogP contribution in [0, 0.1) is 5.92 Å². The summed E-state index contributed by atoms with van der Waals surface area (Å²) < 4.78 is 0. The van der Waals surface area contributed by atoms with Gasteiger partial charge in [0.05, 0.1) is 6.04 Å². The average molecular weight is 310 g/mol. The number of hydrogen-bond acceptors (Lipinski definition) is 3. The molecule has 0 radical (unpaired) electrons. The molecule has 1 aromatic rings. The van der Waals surface area contributed by atoms with Crippen LogP contribution in [-0.4, -0.2) is 37.0 Å². The van der Waals surface area contributed by atoms with Gasteiger partial charge in [0.1, 0.15) is 0 Å². The molecule has 2 unspecified atom stereocenters. The molecule has 1 fully saturated rings. The van der Waals surface area contributed by atoms with Crippen LogP contribution >= 0.6 is 11.6 Å². The zero-order chi connectivity index (χ0) is 15.2. The zero-order valence-electron chi connectivity index (χ0n) is 12.5. The van der Waals surface area contributed by atoms with Crippen molar-refractivity contribution < 1.29 is 4.79 Å². The first-order valence-electron chi connectivity index (χ1n) is 7.59. The molecule has 21 heavy (non-hydrogen) atoms. The van der Waals surface area contributed by atoms with Gasteiger partial charge >= 0.3 is 0 Å². The summed E-state index contributed by atoms with van der Waals surface area (Å²) in [4.78, 5) is 14.4. The fraction of sp³-hybridized carbons (Fsp3) is 0.562. The maximum Gasteiger partial charge on any atom is 0.224 e. The van der Waals surface area contributed by atoms with Gasteiger partial charge < -0.3 is 11.1 Å². The quantitative estimate of drug-likeness (QED) is 0.847. The van der Waals surface area contributed by atoms with E-state index in [1.807, 2.05) is 25.1 Å². The molecule has 1 aliphatic heterocycles. The number of halogens is 1. The number of carbonyl (C=O) groups is 1. The van der Waals surface area contributed by atoms with E-state index in [9.17, 15) is 4.79 Å². The van der Waals surface area contributed by atoms with Crippen molar-refractivity contribution in [3.8, 4) is 0 Å². The molecular weight excluding hydrogens is 286 g/mol. The maximum atomic E-state index is 12.0. The van der Waals surface area contributed by atoms with Crippen molar-refractivity contribution in [2.45, 2.75) is 25.8 Å². The van der Waals surface area contributed by atoms with Crippen LogP contribution in [0.2, 0.25) is 5.02 Å². The average Bonchev–Trinajstić information content (AvgIpc) is 3.00. The van der Waals surface area contributed by atoms with Crippen LogP contribution in [0.25, 0.3) is 0 Å². The summed E-state index contributed by atoms with van der Waals surface area (Å²) in [5, 5.41) is 3.76. The molecule has 3 N–H and O–H groups in total. The summed E-state index contributed by atoms with van der Waals surface area (Å²) in [7, 11) is 0. The van der Waals surface area contributed by atoms with Crippen molar-refractivity contribution >= 4 is 17.5 Å². The summed E-state index contributed by atoms with van der Waals surface area (Å²) >= 11 is 6.11. The van der Waals surface area contributed by atoms with Gasteiger partial charge in [0, 0.05) is 24.0 Å². The van der Waals surface area contributed by atoms with E-state index in [0.717, 1.165) is 23.7 Å². The Labute approximate surface area is 131 Å². The second-order valence-corrected chi connectivity index (χ2v) is 6.13. The standard InChI is InChI=1S/C16H24ClN3O/c1-12(10-18)16(21)19-11-15(20-7-2-3-8-20)13-5-4-6-14(17)9-13/h4-6,9,12,15H,2-3,7-8,10-11,18H2,1H3,(H,19,21). The van der Waals surface area contributed by atoms with Gasteiger partial charge in [-0.25, -0.2) is 0 Å². The van der Waals surface area contributed by atoms with Crippen LogP contribution < -0.4 is 11.1 Å². The van der Waals surface area contributed by atoms with Crippen molar-refractivity contribution in [3.63, 3.8) is 0 Å². The van der Waals surface area contributed by atoms with Gasteiger partial charge in [-0.2, -0.15) is 0 Å². The third-order valence-corrected chi connectivity index (χ3v) is 4.32. The molecule has 1 aromatic carbocycles. The number of nitrogens with zero attached hydrogens (tertiary/aromatic N) is 1. The molecule has 0 spiro atoms. The Bertz CT molecular complexity index is 474. The number of hydrogen-bond donors (Lipinski definition) is 2. The van der Waals surface area contributed by atoms with E-state index in [2.05, 4.69) is 16.3 Å². The second kappa shape index (κ2) is 7.78. The molecule has 1 saturated heterocycles. The Morgan fingerprint density at radius 1 is 1.43 bits per heavy atom. The lowest BCUT2D eigenvalue weighted by Gasteiger charge is -2.28. The first-order valence-corrected chi connectivity index (χ1v) is 7.97. The van der Waals surface area contributed by atoms with E-state index in [4.69, 9.17) is 17.3 Å². The van der Waals surface area contributed by atoms with Crippen LogP contribution in [0.15, 0.2) is 24.3 Å². The van der Waals surface area contributed by atoms with Crippen LogP contribution in [0.1, 0.15) is 31.4 Å². The largest absolute Gasteiger partial charge is 0.354 e. The Kier molecular flexibility index (Phi) is 6.03. The minimum atomic E-state index is -0.149. The number of nitrogens with one attached hydrogen (secondary N) is 1. The molecule has 1 aliphatic rings. The van der Waals surface area contributed by atoms with E-state index in [1.165, 1.54) is 12.8 Å². The third kappa shape index (κ3) is 4.43. The zero-order valence-corrected chi connectivity index (χ0v) is 13.3. The minimum absolute atomic E-state index is 0.0173. The van der Waals surface area contributed by atoms with Crippen molar-refractivity contribution in [2.75, 3.05) is 26.2 Å². The molecule has 1 heterocycles. The fourth-order valence-corrected chi connectivity index (χ4v) is 2.90. The van der Waals surface area contributed by atoms with Crippen LogP contribution in [-0.2, 0) is 4.79 Å². The normalized spacial score (nSPS) is 18.4. The van der Waals surface area contributed by atoms with Gasteiger partial charge in [-0.15, -0.1) is 0 Å². The number of benzene rings is 1. The van der Waals surface area contributed by atoms with Gasteiger partial charge in [-0.1, -0.05) is 30.7 Å². The number of rotatable bonds is 6. The highest BCUT2D eigenvalue weighted by Gasteiger charge is 2.24. The highest BCUT2D eigenvalue weighted by Crippen LogP contribution is 2.26. The molecule has 0 saturated carbocycles. The van der Waals surface area contributed by atoms with Crippen molar-refractivity contribution in [1.82, 2.24) is 10.2 Å². The van der Waals surface area contributed by atoms with Gasteiger partial charge in [0.15, 0.2) is 0 Å². The van der Waals surface area contributed by atoms with Gasteiger partial charge in [0.25, 0.3) is 0 Å². The Balaban J connectivity index is 2.07. The first kappa shape index (κ1) is 16.3. The second-order valence-electron chi connectivity index (χ2n) is 5.70. The number of likely N-dealkylation sites (tertiary alicyclic amines) is 1. The summed E-state index contributed by atoms with van der Waals surface area (Å²) in [5.74, 6) is -0.132. The van der Waals surface area contributed by atoms with Crippen LogP contribution in [0.3, 0.4) is 0 Å². The molecule has 116 valence electrons. The van der Waals surface area contributed by atoms with E-state index >= 15 is 0 Å². The van der Waals surface area contributed by atoms with Crippen molar-refractivity contribution in [3.05, 3.63) is 34.9 Å². The predicted molar refractivity (Wildman–Crippen MR) is 86.2 cm³/mol. The Morgan fingerprint density at radius 2 is 2.14 bits per heavy atom. The predicted octanol–water partition coefficient (Wildman–Crippen LogP) is 2.19. The molecule has 4 nitrogen and oxygen atoms in total. The summed E-state index contributed by atoms with van der Waals surface area (Å²) in [5.41, 5.74) is 6.70. The molecular formula is C16H24ClN3O. The molecule has 1 amide bonds. The highest BCUT2D eigenvalue weighted by molar-refractivity contribution is 6.30. The Morgan fingerprint density at radius 3 is 2.76 bits per heavy atom. The number of nitrogens with two attached hydrogens (primary N) is 1. The van der Waals surface area contributed by atoms with Crippen molar-refractivity contribution in [2.24, 2.45) is 11.7 Å². The summed E-state index contributed by atoms with van der Waals surface area (Å²) in [6.45, 7) is 4.96. The maximum absolute atomic E-state index is 12.0. The lowest BCUT2D eigenvalue weighted by molar-refractivity contribution is -0.124. The first-order chi connectivity index (χ1) is 10.1. The van der Waals surface area contributed by atoms with Gasteiger partial charge in [0.2, 0.25) is 5.91 Å². The lowest BCUT2D eigenvalue weighted by Crippen LogP contribution is -2.40. The third-order valence-electron chi connectivity index (χ3n) is 4.09. The lowest BCUT2D eigenvalue weighted by atomic mass is 10.0. The topological polar surface area (TPSA) is 58.4 Å². The highest BCUT2D eigenvalue weighted by atomic mass is 35.5. The Hall–Kier alpha value is -1.10. The summed E-state index contributed by atoms with van der Waals surface area (Å²) in [6, 6.07) is 8.09. The molecule has 0 aromatic heterocycles. The van der Waals surface area contributed by atoms with Gasteiger partial charge in [-0.05, 0) is 43.6 Å². The van der Waals surface area contributed by atoms with E-state index in [-0.39, 0.29) is 17.9 Å². The van der Waals surface area contributed by atoms with E-state index < -0.39 is 0 Å². The molecule has 0 aliphatic carbocycles. The molecule has 5 heteroatoms. The molecule has 2 atom stereocenters. The van der Waals surface area contributed by atoms with Crippen molar-refractivity contribution in [1.29, 1.82) is 0 Å². The monoisotopic (exact) mass is 309 g/mol. The summed E-state index contributed by atoms with van der Waals surface area (Å²) in [6.07, 6.45) is 2.43. The number of carbonyl (C=O) groups excluding carboxylic acids is 1. The van der Waals surface area contributed by atoms with Crippen LogP contribution in [0.4, 0.5) is 0 Å². The SMILES string of the molecule is CC(CN)C(=O)NCC(c1cccc(Cl)c1)N1CCCC1. The molecule has 2 rings (SSSR count). The smallest absolute Gasteiger partial charge is 0.224 e. The van der Waals surface area contributed by atoms with Gasteiger partial charge in [-0.3, -0.25) is 9.69 Å².